The van der Waals surface area contributed by atoms with Crippen molar-refractivity contribution in [3.05, 3.63) is 36.0 Å². The molecule has 0 spiro atoms. The van der Waals surface area contributed by atoms with Gasteiger partial charge in [0.05, 0.1) is 5.56 Å². The molecule has 8 heteroatoms. The van der Waals surface area contributed by atoms with E-state index in [2.05, 4.69) is 15.5 Å². The monoisotopic (exact) mass is 301 g/mol. The summed E-state index contributed by atoms with van der Waals surface area (Å²) in [6.07, 6.45) is -4.70. The summed E-state index contributed by atoms with van der Waals surface area (Å²) in [6.45, 7) is -0.119. The summed E-state index contributed by atoms with van der Waals surface area (Å²) in [5.41, 5.74) is -2.19. The van der Waals surface area contributed by atoms with E-state index in [1.807, 2.05) is 0 Å². The molecule has 1 aliphatic rings. The standard InChI is InChI=1S/C13H11F4N3O/c14-9-4-2-1-3-8(9)10-19-11(21-20-10)12(13(15,16)17)5-6-18-7-12/h1-4,18H,5-7H2. The molecule has 1 aromatic carbocycles. The number of nitrogens with one attached hydrogen (secondary N) is 1. The number of aromatic nitrogens is 2. The minimum Gasteiger partial charge on any atom is -0.338 e. The van der Waals surface area contributed by atoms with Crippen LogP contribution in [0.5, 0.6) is 0 Å². The number of alkyl halides is 3. The maximum atomic E-state index is 13.6. The highest BCUT2D eigenvalue weighted by molar-refractivity contribution is 5.55. The molecule has 0 aliphatic carbocycles. The molecule has 1 atom stereocenters. The summed E-state index contributed by atoms with van der Waals surface area (Å²) in [7, 11) is 0. The maximum absolute atomic E-state index is 13.6. The fraction of sp³-hybridized carbons (Fsp3) is 0.385. The minimum absolute atomic E-state index is 0.00998. The van der Waals surface area contributed by atoms with Crippen LogP contribution in [0.1, 0.15) is 12.3 Å². The normalized spacial score (nSPS) is 22.7. The number of nitrogens with zero attached hydrogens (tertiary/aromatic N) is 2. The molecule has 0 amide bonds. The number of halogens is 4. The van der Waals surface area contributed by atoms with Crippen molar-refractivity contribution in [2.75, 3.05) is 13.1 Å². The topological polar surface area (TPSA) is 51.0 Å². The van der Waals surface area contributed by atoms with E-state index in [0.717, 1.165) is 0 Å². The molecule has 0 saturated carbocycles. The Morgan fingerprint density at radius 3 is 2.62 bits per heavy atom. The Balaban J connectivity index is 2.04. The zero-order chi connectivity index (χ0) is 15.1. The number of hydrogen-bond acceptors (Lipinski definition) is 4. The van der Waals surface area contributed by atoms with Crippen LogP contribution in [0, 0.1) is 5.82 Å². The van der Waals surface area contributed by atoms with Crippen LogP contribution in [-0.4, -0.2) is 29.4 Å². The number of benzene rings is 1. The fourth-order valence-electron chi connectivity index (χ4n) is 2.41. The second kappa shape index (κ2) is 4.80. The summed E-state index contributed by atoms with van der Waals surface area (Å²) < 4.78 is 58.5. The molecule has 0 radical (unpaired) electrons. The van der Waals surface area contributed by atoms with E-state index in [4.69, 9.17) is 4.52 Å². The lowest BCUT2D eigenvalue weighted by Gasteiger charge is -2.26. The van der Waals surface area contributed by atoms with Crippen molar-refractivity contribution in [3.63, 3.8) is 0 Å². The first kappa shape index (κ1) is 14.0. The second-order valence-electron chi connectivity index (χ2n) is 4.91. The lowest BCUT2D eigenvalue weighted by Crippen LogP contribution is -2.44. The lowest BCUT2D eigenvalue weighted by atomic mass is 9.86. The second-order valence-corrected chi connectivity index (χ2v) is 4.91. The third-order valence-corrected chi connectivity index (χ3v) is 3.65. The maximum Gasteiger partial charge on any atom is 0.404 e. The first-order chi connectivity index (χ1) is 9.94. The summed E-state index contributed by atoms with van der Waals surface area (Å²) >= 11 is 0. The van der Waals surface area contributed by atoms with Crippen LogP contribution in [0.3, 0.4) is 0 Å². The average molecular weight is 301 g/mol. The lowest BCUT2D eigenvalue weighted by molar-refractivity contribution is -0.191. The first-order valence-electron chi connectivity index (χ1n) is 6.31. The van der Waals surface area contributed by atoms with Crippen LogP contribution in [0.2, 0.25) is 0 Å². The van der Waals surface area contributed by atoms with Crippen LogP contribution in [-0.2, 0) is 5.41 Å². The molecule has 1 saturated heterocycles. The molecule has 2 aromatic rings. The Hall–Kier alpha value is -1.96. The van der Waals surface area contributed by atoms with Crippen LogP contribution in [0.15, 0.2) is 28.8 Å². The van der Waals surface area contributed by atoms with Gasteiger partial charge in [0.15, 0.2) is 5.41 Å². The quantitative estimate of drug-likeness (QED) is 0.867. The van der Waals surface area contributed by atoms with Crippen molar-refractivity contribution in [1.29, 1.82) is 0 Å². The van der Waals surface area contributed by atoms with Crippen LogP contribution >= 0.6 is 0 Å². The van der Waals surface area contributed by atoms with Gasteiger partial charge in [-0.15, -0.1) is 0 Å². The van der Waals surface area contributed by atoms with Crippen molar-refractivity contribution in [2.24, 2.45) is 0 Å². The molecular weight excluding hydrogens is 290 g/mol. The molecule has 4 nitrogen and oxygen atoms in total. The molecule has 1 aromatic heterocycles. The molecule has 1 aliphatic heterocycles. The zero-order valence-corrected chi connectivity index (χ0v) is 10.7. The number of hydrogen-bond donors (Lipinski definition) is 1. The van der Waals surface area contributed by atoms with Gasteiger partial charge in [-0.25, -0.2) is 4.39 Å². The molecule has 2 heterocycles. The Labute approximate surface area is 117 Å². The number of rotatable bonds is 2. The summed E-state index contributed by atoms with van der Waals surface area (Å²) in [4.78, 5) is 3.78. The Kier molecular flexibility index (Phi) is 3.20. The average Bonchev–Trinajstić information content (AvgIpc) is 3.08. The summed E-state index contributed by atoms with van der Waals surface area (Å²) in [5, 5.41) is 6.15. The Bertz CT molecular complexity index is 647. The third kappa shape index (κ3) is 2.19. The van der Waals surface area contributed by atoms with E-state index in [1.165, 1.54) is 18.2 Å². The van der Waals surface area contributed by atoms with E-state index in [-0.39, 0.29) is 30.9 Å². The first-order valence-corrected chi connectivity index (χ1v) is 6.31. The van der Waals surface area contributed by atoms with E-state index in [9.17, 15) is 17.6 Å². The van der Waals surface area contributed by atoms with Crippen molar-refractivity contribution in [2.45, 2.75) is 18.0 Å². The smallest absolute Gasteiger partial charge is 0.338 e. The fourth-order valence-corrected chi connectivity index (χ4v) is 2.41. The van der Waals surface area contributed by atoms with Gasteiger partial charge in [-0.3, -0.25) is 0 Å². The summed E-state index contributed by atoms with van der Waals surface area (Å²) in [5.74, 6) is -1.33. The van der Waals surface area contributed by atoms with Crippen LogP contribution in [0.25, 0.3) is 11.4 Å². The van der Waals surface area contributed by atoms with Gasteiger partial charge in [0.1, 0.15) is 5.82 Å². The van der Waals surface area contributed by atoms with E-state index >= 15 is 0 Å². The van der Waals surface area contributed by atoms with Gasteiger partial charge in [0.25, 0.3) is 0 Å². The van der Waals surface area contributed by atoms with E-state index in [1.54, 1.807) is 6.07 Å². The van der Waals surface area contributed by atoms with Gasteiger partial charge in [-0.2, -0.15) is 18.2 Å². The Morgan fingerprint density at radius 1 is 1.24 bits per heavy atom. The molecule has 3 rings (SSSR count). The molecule has 1 N–H and O–H groups in total. The van der Waals surface area contributed by atoms with Gasteiger partial charge >= 0.3 is 6.18 Å². The summed E-state index contributed by atoms with van der Waals surface area (Å²) in [6, 6.07) is 5.59. The molecule has 21 heavy (non-hydrogen) atoms. The highest BCUT2D eigenvalue weighted by Gasteiger charge is 2.61. The third-order valence-electron chi connectivity index (χ3n) is 3.65. The minimum atomic E-state index is -4.52. The van der Waals surface area contributed by atoms with Crippen LogP contribution in [0.4, 0.5) is 17.6 Å². The predicted molar refractivity (Wildman–Crippen MR) is 64.9 cm³/mol. The molecule has 112 valence electrons. The van der Waals surface area contributed by atoms with E-state index < -0.39 is 23.3 Å². The van der Waals surface area contributed by atoms with E-state index in [0.29, 0.717) is 0 Å². The molecule has 1 unspecified atom stereocenters. The molecule has 0 bridgehead atoms. The van der Waals surface area contributed by atoms with Crippen molar-refractivity contribution in [3.8, 4) is 11.4 Å². The van der Waals surface area contributed by atoms with Crippen LogP contribution < -0.4 is 5.32 Å². The largest absolute Gasteiger partial charge is 0.404 e. The van der Waals surface area contributed by atoms with Gasteiger partial charge < -0.3 is 9.84 Å². The van der Waals surface area contributed by atoms with Crippen molar-refractivity contribution < 1.29 is 22.1 Å². The highest BCUT2D eigenvalue weighted by Crippen LogP contribution is 2.45. The Morgan fingerprint density at radius 2 is 2.00 bits per heavy atom. The van der Waals surface area contributed by atoms with Crippen molar-refractivity contribution in [1.82, 2.24) is 15.5 Å². The zero-order valence-electron chi connectivity index (χ0n) is 10.7. The predicted octanol–water partition coefficient (Wildman–Crippen LogP) is 2.67. The van der Waals surface area contributed by atoms with Crippen molar-refractivity contribution >= 4 is 0 Å². The van der Waals surface area contributed by atoms with Gasteiger partial charge in [-0.05, 0) is 25.1 Å². The highest BCUT2D eigenvalue weighted by atomic mass is 19.4. The molecular formula is C13H11F4N3O. The SMILES string of the molecule is Fc1ccccc1-c1noc(C2(C(F)(F)F)CCNC2)n1. The molecule has 1 fully saturated rings. The van der Waals surface area contributed by atoms with Gasteiger partial charge in [0, 0.05) is 6.54 Å². The van der Waals surface area contributed by atoms with Gasteiger partial charge in [-0.1, -0.05) is 17.3 Å². The van der Waals surface area contributed by atoms with Gasteiger partial charge in [0.2, 0.25) is 11.7 Å².